The van der Waals surface area contributed by atoms with E-state index in [-0.39, 0.29) is 24.4 Å². The third kappa shape index (κ3) is 2.16. The molecule has 0 radical (unpaired) electrons. The van der Waals surface area contributed by atoms with E-state index >= 15 is 0 Å². The van der Waals surface area contributed by atoms with Gasteiger partial charge < -0.3 is 15.4 Å². The van der Waals surface area contributed by atoms with Gasteiger partial charge in [-0.2, -0.15) is 0 Å². The van der Waals surface area contributed by atoms with Crippen LogP contribution < -0.4 is 5.73 Å². The molecule has 1 aliphatic carbocycles. The maximum Gasteiger partial charge on any atom is 0.173 e. The van der Waals surface area contributed by atoms with Gasteiger partial charge in [0.05, 0.1) is 12.1 Å². The minimum atomic E-state index is 0. The zero-order chi connectivity index (χ0) is 10.1. The molecule has 0 aromatic carbocycles. The number of rotatable bonds is 2. The molecular formula is C10H15ClN2O2. The number of nitrogens with two attached hydrogens (primary N) is 1. The Kier molecular flexibility index (Phi) is 3.77. The highest BCUT2D eigenvalue weighted by Gasteiger charge is 2.31. The molecule has 0 amide bonds. The lowest BCUT2D eigenvalue weighted by atomic mass is 10.1. The van der Waals surface area contributed by atoms with Crippen LogP contribution in [0.15, 0.2) is 23.6 Å². The maximum absolute atomic E-state index is 11.1. The van der Waals surface area contributed by atoms with Gasteiger partial charge in [0.15, 0.2) is 12.0 Å². The molecule has 5 heteroatoms. The third-order valence-electron chi connectivity index (χ3n) is 2.55. The van der Waals surface area contributed by atoms with E-state index in [4.69, 9.17) is 10.5 Å². The molecule has 2 aliphatic rings. The van der Waals surface area contributed by atoms with Crippen molar-refractivity contribution in [1.29, 1.82) is 0 Å². The summed E-state index contributed by atoms with van der Waals surface area (Å²) >= 11 is 0. The smallest absolute Gasteiger partial charge is 0.173 e. The minimum Gasteiger partial charge on any atom is -0.472 e. The summed E-state index contributed by atoms with van der Waals surface area (Å²) in [5.41, 5.74) is 6.49. The van der Waals surface area contributed by atoms with Gasteiger partial charge in [-0.05, 0) is 18.7 Å². The Morgan fingerprint density at radius 3 is 3.00 bits per heavy atom. The van der Waals surface area contributed by atoms with Crippen LogP contribution in [0.4, 0.5) is 0 Å². The predicted octanol–water partition coefficient (Wildman–Crippen LogP) is 0.786. The molecule has 2 N–H and O–H groups in total. The quantitative estimate of drug-likeness (QED) is 0.762. The first kappa shape index (κ1) is 12.1. The van der Waals surface area contributed by atoms with Crippen LogP contribution in [0.25, 0.3) is 0 Å². The van der Waals surface area contributed by atoms with Crippen molar-refractivity contribution in [2.75, 3.05) is 13.6 Å². The van der Waals surface area contributed by atoms with Gasteiger partial charge >= 0.3 is 0 Å². The molecule has 0 spiro atoms. The second kappa shape index (κ2) is 4.68. The van der Waals surface area contributed by atoms with Crippen LogP contribution in [0.2, 0.25) is 0 Å². The molecule has 0 saturated carbocycles. The van der Waals surface area contributed by atoms with Crippen LogP contribution in [-0.2, 0) is 9.53 Å². The van der Waals surface area contributed by atoms with Gasteiger partial charge in [-0.15, -0.1) is 12.4 Å². The van der Waals surface area contributed by atoms with Crippen molar-refractivity contribution < 1.29 is 9.53 Å². The van der Waals surface area contributed by atoms with Crippen molar-refractivity contribution >= 4 is 18.2 Å². The first-order valence-electron chi connectivity index (χ1n) is 4.76. The molecule has 1 aliphatic heterocycles. The van der Waals surface area contributed by atoms with Crippen LogP contribution in [0.1, 0.15) is 12.8 Å². The van der Waals surface area contributed by atoms with Crippen LogP contribution in [0.5, 0.6) is 0 Å². The number of ether oxygens (including phenoxy) is 1. The van der Waals surface area contributed by atoms with E-state index in [1.807, 2.05) is 18.0 Å². The van der Waals surface area contributed by atoms with Crippen molar-refractivity contribution in [3.63, 3.8) is 0 Å². The Bertz CT molecular complexity index is 325. The molecule has 1 unspecified atom stereocenters. The lowest BCUT2D eigenvalue weighted by molar-refractivity contribution is -0.114. The molecule has 0 fully saturated rings. The first-order chi connectivity index (χ1) is 6.72. The van der Waals surface area contributed by atoms with Crippen LogP contribution >= 0.6 is 12.4 Å². The van der Waals surface area contributed by atoms with E-state index < -0.39 is 0 Å². The maximum atomic E-state index is 11.1. The topological polar surface area (TPSA) is 55.6 Å². The van der Waals surface area contributed by atoms with E-state index in [2.05, 4.69) is 0 Å². The number of allylic oxidation sites excluding steroid dienone is 3. The van der Waals surface area contributed by atoms with Crippen molar-refractivity contribution in [2.45, 2.75) is 19.1 Å². The summed E-state index contributed by atoms with van der Waals surface area (Å²) in [7, 11) is 1.96. The van der Waals surface area contributed by atoms with E-state index in [1.165, 1.54) is 0 Å². The highest BCUT2D eigenvalue weighted by atomic mass is 35.5. The van der Waals surface area contributed by atoms with Gasteiger partial charge in [-0.25, -0.2) is 0 Å². The summed E-state index contributed by atoms with van der Waals surface area (Å²) in [6.45, 7) is 0.591. The number of hydrogen-bond donors (Lipinski definition) is 1. The van der Waals surface area contributed by atoms with Gasteiger partial charge in [-0.1, -0.05) is 0 Å². The fraction of sp³-hybridized carbons (Fsp3) is 0.500. The Morgan fingerprint density at radius 2 is 2.33 bits per heavy atom. The zero-order valence-electron chi connectivity index (χ0n) is 8.60. The Hall–Kier alpha value is -1.00. The number of carbonyl (C=O) groups is 1. The summed E-state index contributed by atoms with van der Waals surface area (Å²) in [4.78, 5) is 13.2. The summed E-state index contributed by atoms with van der Waals surface area (Å²) in [6, 6.07) is 0. The van der Waals surface area contributed by atoms with Crippen LogP contribution in [0.3, 0.4) is 0 Å². The Labute approximate surface area is 95.2 Å². The second-order valence-electron chi connectivity index (χ2n) is 3.55. The standard InChI is InChI=1S/C10H14N2O2.ClH/c1-12-8-3-2-7(13)6-9(8)14-10(12)4-5-11;/h2-3,10H,4-6,11H2,1H3;1H. The van der Waals surface area contributed by atoms with Gasteiger partial charge in [0, 0.05) is 13.5 Å². The monoisotopic (exact) mass is 230 g/mol. The fourth-order valence-electron chi connectivity index (χ4n) is 1.78. The number of likely N-dealkylation sites (N-methyl/N-ethyl adjacent to an activating group) is 1. The molecule has 0 aromatic heterocycles. The van der Waals surface area contributed by atoms with Gasteiger partial charge in [0.2, 0.25) is 0 Å². The molecule has 0 aromatic rings. The Morgan fingerprint density at radius 1 is 1.60 bits per heavy atom. The summed E-state index contributed by atoms with van der Waals surface area (Å²) in [5.74, 6) is 0.893. The highest BCUT2D eigenvalue weighted by Crippen LogP contribution is 2.31. The number of carbonyl (C=O) groups excluding carboxylic acids is 1. The number of halogens is 1. The van der Waals surface area contributed by atoms with E-state index in [0.717, 1.165) is 17.9 Å². The van der Waals surface area contributed by atoms with Crippen molar-refractivity contribution in [3.8, 4) is 0 Å². The van der Waals surface area contributed by atoms with Gasteiger partial charge in [0.1, 0.15) is 5.76 Å². The lowest BCUT2D eigenvalue weighted by Gasteiger charge is -2.21. The summed E-state index contributed by atoms with van der Waals surface area (Å²) in [6.07, 6.45) is 4.59. The minimum absolute atomic E-state index is 0. The van der Waals surface area contributed by atoms with Crippen molar-refractivity contribution in [1.82, 2.24) is 4.90 Å². The predicted molar refractivity (Wildman–Crippen MR) is 59.3 cm³/mol. The first-order valence-corrected chi connectivity index (χ1v) is 4.76. The fourth-order valence-corrected chi connectivity index (χ4v) is 1.78. The SMILES string of the molecule is CN1C2=C(CC(=O)C=C2)OC1CCN.Cl. The Balaban J connectivity index is 0.00000112. The summed E-state index contributed by atoms with van der Waals surface area (Å²) in [5, 5.41) is 0. The molecule has 0 bridgehead atoms. The molecule has 15 heavy (non-hydrogen) atoms. The largest absolute Gasteiger partial charge is 0.472 e. The highest BCUT2D eigenvalue weighted by molar-refractivity contribution is 5.93. The second-order valence-corrected chi connectivity index (χ2v) is 3.55. The van der Waals surface area contributed by atoms with Crippen LogP contribution in [0, 0.1) is 0 Å². The zero-order valence-corrected chi connectivity index (χ0v) is 9.42. The average molecular weight is 231 g/mol. The third-order valence-corrected chi connectivity index (χ3v) is 2.55. The van der Waals surface area contributed by atoms with E-state index in [9.17, 15) is 4.79 Å². The number of ketones is 1. The van der Waals surface area contributed by atoms with E-state index in [1.54, 1.807) is 6.08 Å². The molecule has 84 valence electrons. The molecular weight excluding hydrogens is 216 g/mol. The number of hydrogen-bond acceptors (Lipinski definition) is 4. The van der Waals surface area contributed by atoms with Crippen molar-refractivity contribution in [3.05, 3.63) is 23.6 Å². The molecule has 0 saturated heterocycles. The van der Waals surface area contributed by atoms with E-state index in [0.29, 0.717) is 13.0 Å². The normalized spacial score (nSPS) is 23.7. The summed E-state index contributed by atoms with van der Waals surface area (Å²) < 4.78 is 5.64. The molecule has 1 heterocycles. The number of nitrogens with zero attached hydrogens (tertiary/aromatic N) is 1. The van der Waals surface area contributed by atoms with Gasteiger partial charge in [-0.3, -0.25) is 4.79 Å². The lowest BCUT2D eigenvalue weighted by Crippen LogP contribution is -2.28. The molecule has 4 nitrogen and oxygen atoms in total. The van der Waals surface area contributed by atoms with Gasteiger partial charge in [0.25, 0.3) is 0 Å². The van der Waals surface area contributed by atoms with Crippen LogP contribution in [-0.4, -0.2) is 30.5 Å². The molecule has 1 atom stereocenters. The molecule has 2 rings (SSSR count). The average Bonchev–Trinajstić information content (AvgIpc) is 2.44. The van der Waals surface area contributed by atoms with Crippen molar-refractivity contribution in [2.24, 2.45) is 5.73 Å².